The predicted octanol–water partition coefficient (Wildman–Crippen LogP) is 3.72. The molecule has 1 rings (SSSR count). The van der Waals surface area contributed by atoms with Gasteiger partial charge in [-0.3, -0.25) is 4.79 Å². The lowest BCUT2D eigenvalue weighted by Gasteiger charge is -2.23. The molecule has 0 amide bonds. The minimum absolute atomic E-state index is 0.0766. The molecule has 0 spiro atoms. The maximum Gasteiger partial charge on any atom is 0.303 e. The van der Waals surface area contributed by atoms with Gasteiger partial charge in [-0.1, -0.05) is 25.4 Å². The van der Waals surface area contributed by atoms with Crippen molar-refractivity contribution >= 4 is 54.9 Å². The van der Waals surface area contributed by atoms with Crippen molar-refractivity contribution in [3.63, 3.8) is 0 Å². The van der Waals surface area contributed by atoms with Gasteiger partial charge in [0.05, 0.1) is 8.81 Å². The summed E-state index contributed by atoms with van der Waals surface area (Å²) in [7, 11) is -3.58. The number of hydrogen-bond donors (Lipinski definition) is 2. The lowest BCUT2D eigenvalue weighted by molar-refractivity contribution is -0.137. The van der Waals surface area contributed by atoms with Gasteiger partial charge in [0.2, 0.25) is 10.0 Å². The van der Waals surface area contributed by atoms with Crippen LogP contribution in [0.3, 0.4) is 0 Å². The lowest BCUT2D eigenvalue weighted by Crippen LogP contribution is -2.28. The Morgan fingerprint density at radius 2 is 2.10 bits per heavy atom. The third kappa shape index (κ3) is 6.23. The number of nitrogens with one attached hydrogen (secondary N) is 1. The molecule has 0 saturated carbocycles. The van der Waals surface area contributed by atoms with Crippen LogP contribution in [-0.4, -0.2) is 26.0 Å². The standard InChI is InChI=1S/C12H17BrClNO4S2/c1-12(2,4-3-9(16)17)5-6-15-21(18,19)10-7-8(14)11(13)20-10/h7,15H,3-6H2,1-2H3,(H,16,17). The van der Waals surface area contributed by atoms with Crippen LogP contribution < -0.4 is 4.72 Å². The van der Waals surface area contributed by atoms with Gasteiger partial charge < -0.3 is 5.11 Å². The van der Waals surface area contributed by atoms with Gasteiger partial charge in [-0.25, -0.2) is 13.1 Å². The van der Waals surface area contributed by atoms with E-state index < -0.39 is 16.0 Å². The Morgan fingerprint density at radius 3 is 2.57 bits per heavy atom. The summed E-state index contributed by atoms with van der Waals surface area (Å²) < 4.78 is 27.4. The molecule has 120 valence electrons. The molecular formula is C12H17BrClNO4S2. The van der Waals surface area contributed by atoms with Gasteiger partial charge in [-0.15, -0.1) is 11.3 Å². The molecule has 0 aliphatic rings. The Morgan fingerprint density at radius 1 is 1.48 bits per heavy atom. The zero-order chi connectivity index (χ0) is 16.3. The molecule has 0 radical (unpaired) electrons. The molecule has 0 fully saturated rings. The van der Waals surface area contributed by atoms with Crippen molar-refractivity contribution in [2.75, 3.05) is 6.54 Å². The highest BCUT2D eigenvalue weighted by molar-refractivity contribution is 9.11. The maximum atomic E-state index is 12.1. The van der Waals surface area contributed by atoms with E-state index in [1.807, 2.05) is 13.8 Å². The smallest absolute Gasteiger partial charge is 0.303 e. The van der Waals surface area contributed by atoms with Gasteiger partial charge in [0, 0.05) is 13.0 Å². The fourth-order valence-corrected chi connectivity index (χ4v) is 5.10. The molecule has 0 aliphatic carbocycles. The number of carbonyl (C=O) groups is 1. The number of rotatable bonds is 8. The van der Waals surface area contributed by atoms with Crippen molar-refractivity contribution in [1.29, 1.82) is 0 Å². The average molecular weight is 419 g/mol. The predicted molar refractivity (Wildman–Crippen MR) is 87.5 cm³/mol. The molecule has 1 aromatic rings. The third-order valence-corrected chi connectivity index (χ3v) is 7.41. The SMILES string of the molecule is CC(C)(CCNS(=O)(=O)c1cc(Cl)c(Br)s1)CCC(=O)O. The van der Waals surface area contributed by atoms with E-state index in [0.29, 0.717) is 21.7 Å². The van der Waals surface area contributed by atoms with E-state index in [4.69, 9.17) is 16.7 Å². The molecule has 1 heterocycles. The first-order chi connectivity index (χ1) is 9.53. The Bertz CT molecular complexity index is 593. The van der Waals surface area contributed by atoms with Gasteiger partial charge in [0.25, 0.3) is 0 Å². The first-order valence-corrected chi connectivity index (χ1v) is 9.67. The summed E-state index contributed by atoms with van der Waals surface area (Å²) >= 11 is 10.1. The normalized spacial score (nSPS) is 12.6. The van der Waals surface area contributed by atoms with Crippen LogP contribution in [0.1, 0.15) is 33.1 Å². The summed E-state index contributed by atoms with van der Waals surface area (Å²) in [5.41, 5.74) is -0.241. The highest BCUT2D eigenvalue weighted by Crippen LogP contribution is 2.34. The van der Waals surface area contributed by atoms with Crippen LogP contribution in [0.25, 0.3) is 0 Å². The Labute approximate surface area is 141 Å². The molecule has 5 nitrogen and oxygen atoms in total. The second-order valence-electron chi connectivity index (χ2n) is 5.39. The van der Waals surface area contributed by atoms with E-state index in [0.717, 1.165) is 11.3 Å². The molecule has 1 aromatic heterocycles. The maximum absolute atomic E-state index is 12.1. The number of hydrogen-bond acceptors (Lipinski definition) is 4. The molecule has 0 atom stereocenters. The van der Waals surface area contributed by atoms with Crippen LogP contribution >= 0.6 is 38.9 Å². The Kier molecular flexibility index (Phi) is 6.67. The van der Waals surface area contributed by atoms with E-state index in [1.54, 1.807) is 0 Å². The van der Waals surface area contributed by atoms with Crippen molar-refractivity contribution in [1.82, 2.24) is 4.72 Å². The van der Waals surface area contributed by atoms with Crippen LogP contribution in [0, 0.1) is 5.41 Å². The van der Waals surface area contributed by atoms with E-state index in [2.05, 4.69) is 20.7 Å². The van der Waals surface area contributed by atoms with Crippen molar-refractivity contribution in [2.24, 2.45) is 5.41 Å². The number of aliphatic carboxylic acids is 1. The van der Waals surface area contributed by atoms with Crippen molar-refractivity contribution in [3.05, 3.63) is 14.9 Å². The van der Waals surface area contributed by atoms with Gasteiger partial charge in [0.15, 0.2) is 0 Å². The van der Waals surface area contributed by atoms with Crippen LogP contribution in [0.15, 0.2) is 14.1 Å². The highest BCUT2D eigenvalue weighted by Gasteiger charge is 2.22. The number of sulfonamides is 1. The molecule has 0 aliphatic heterocycles. The van der Waals surface area contributed by atoms with Gasteiger partial charge >= 0.3 is 5.97 Å². The van der Waals surface area contributed by atoms with Crippen LogP contribution in [0.4, 0.5) is 0 Å². The number of thiophene rings is 1. The minimum Gasteiger partial charge on any atom is -0.481 e. The summed E-state index contributed by atoms with van der Waals surface area (Å²) in [6.07, 6.45) is 1.13. The Balaban J connectivity index is 2.56. The lowest BCUT2D eigenvalue weighted by atomic mass is 9.84. The molecule has 2 N–H and O–H groups in total. The topological polar surface area (TPSA) is 83.5 Å². The quantitative estimate of drug-likeness (QED) is 0.674. The van der Waals surface area contributed by atoms with Crippen LogP contribution in [0.5, 0.6) is 0 Å². The highest BCUT2D eigenvalue weighted by atomic mass is 79.9. The summed E-state index contributed by atoms with van der Waals surface area (Å²) in [4.78, 5) is 10.6. The molecule has 0 aromatic carbocycles. The van der Waals surface area contributed by atoms with E-state index in [-0.39, 0.29) is 22.6 Å². The van der Waals surface area contributed by atoms with Crippen molar-refractivity contribution in [3.8, 4) is 0 Å². The first-order valence-electron chi connectivity index (χ1n) is 6.20. The average Bonchev–Trinajstić information content (AvgIpc) is 2.68. The summed E-state index contributed by atoms with van der Waals surface area (Å²) in [6, 6.07) is 1.40. The fraction of sp³-hybridized carbons (Fsp3) is 0.583. The molecule has 21 heavy (non-hydrogen) atoms. The monoisotopic (exact) mass is 417 g/mol. The zero-order valence-electron chi connectivity index (χ0n) is 11.7. The largest absolute Gasteiger partial charge is 0.481 e. The van der Waals surface area contributed by atoms with Crippen molar-refractivity contribution < 1.29 is 18.3 Å². The summed E-state index contributed by atoms with van der Waals surface area (Å²) in [5, 5.41) is 9.04. The number of halogens is 2. The molecular weight excluding hydrogens is 402 g/mol. The van der Waals surface area contributed by atoms with Gasteiger partial charge in [-0.2, -0.15) is 0 Å². The summed E-state index contributed by atoms with van der Waals surface area (Å²) in [5.74, 6) is -0.846. The zero-order valence-corrected chi connectivity index (χ0v) is 15.6. The second kappa shape index (κ2) is 7.41. The van der Waals surface area contributed by atoms with E-state index in [9.17, 15) is 13.2 Å². The minimum atomic E-state index is -3.58. The van der Waals surface area contributed by atoms with Crippen LogP contribution in [-0.2, 0) is 14.8 Å². The van der Waals surface area contributed by atoms with Gasteiger partial charge in [-0.05, 0) is 40.3 Å². The molecule has 9 heteroatoms. The Hall–Kier alpha value is -0.150. The van der Waals surface area contributed by atoms with Crippen molar-refractivity contribution in [2.45, 2.75) is 37.3 Å². The van der Waals surface area contributed by atoms with E-state index >= 15 is 0 Å². The summed E-state index contributed by atoms with van der Waals surface area (Å²) in [6.45, 7) is 4.09. The molecule has 0 unspecified atom stereocenters. The molecule has 0 saturated heterocycles. The van der Waals surface area contributed by atoms with E-state index in [1.165, 1.54) is 6.07 Å². The molecule has 0 bridgehead atoms. The van der Waals surface area contributed by atoms with Crippen LogP contribution in [0.2, 0.25) is 5.02 Å². The number of carboxylic acid groups (broad SMARTS) is 1. The van der Waals surface area contributed by atoms with Gasteiger partial charge in [0.1, 0.15) is 4.21 Å². The fourth-order valence-electron chi connectivity index (χ4n) is 1.62. The second-order valence-corrected chi connectivity index (χ2v) is 10.2. The first kappa shape index (κ1) is 18.9. The number of carboxylic acids is 1. The third-order valence-electron chi connectivity index (χ3n) is 3.00.